The van der Waals surface area contributed by atoms with Gasteiger partial charge >= 0.3 is 5.97 Å². The van der Waals surface area contributed by atoms with Gasteiger partial charge in [-0.15, -0.1) is 0 Å². The van der Waals surface area contributed by atoms with E-state index in [4.69, 9.17) is 15.9 Å². The number of guanidine groups is 1. The normalized spacial score (nSPS) is 12.6. The summed E-state index contributed by atoms with van der Waals surface area (Å²) in [4.78, 5) is 45.9. The second kappa shape index (κ2) is 15.1. The minimum Gasteiger partial charge on any atom is -0.480 e. The number of nitrogens with two attached hydrogens (primary N) is 2. The average Bonchev–Trinajstić information content (AvgIpc) is 3.35. The molecule has 0 bridgehead atoms. The van der Waals surface area contributed by atoms with Gasteiger partial charge in [-0.1, -0.05) is 32.0 Å². The lowest BCUT2D eigenvalue weighted by Crippen LogP contribution is -2.41. The van der Waals surface area contributed by atoms with Crippen molar-refractivity contribution in [2.45, 2.75) is 52.1 Å². The van der Waals surface area contributed by atoms with E-state index in [1.54, 1.807) is 31.2 Å². The molecule has 2 amide bonds. The van der Waals surface area contributed by atoms with E-state index in [9.17, 15) is 19.5 Å². The summed E-state index contributed by atoms with van der Waals surface area (Å²) in [7, 11) is 0. The molecule has 0 fully saturated rings. The smallest absolute Gasteiger partial charge is 0.326 e. The fourth-order valence-corrected chi connectivity index (χ4v) is 3.99. The monoisotopic (exact) mass is 576 g/mol. The number of aliphatic imine (C=N–C) groups is 1. The van der Waals surface area contributed by atoms with Crippen LogP contribution in [0.15, 0.2) is 74.2 Å². The third-order valence-corrected chi connectivity index (χ3v) is 6.05. The summed E-state index contributed by atoms with van der Waals surface area (Å²) in [6.45, 7) is 5.74. The van der Waals surface area contributed by atoms with E-state index in [0.717, 1.165) is 0 Å². The van der Waals surface area contributed by atoms with Crippen LogP contribution in [0.25, 0.3) is 0 Å². The van der Waals surface area contributed by atoms with E-state index < -0.39 is 24.0 Å². The molecular formula is C29H36N8O5. The summed E-state index contributed by atoms with van der Waals surface area (Å²) in [6, 6.07) is 14.1. The van der Waals surface area contributed by atoms with Gasteiger partial charge in [0.25, 0.3) is 11.8 Å². The molecular weight excluding hydrogens is 540 g/mol. The molecule has 2 aromatic carbocycles. The first-order valence-corrected chi connectivity index (χ1v) is 13.5. The Kier molecular flexibility index (Phi) is 11.3. The van der Waals surface area contributed by atoms with Crippen LogP contribution in [0.4, 0.5) is 11.4 Å². The number of aryl methyl sites for hydroxylation is 1. The second-order valence-electron chi connectivity index (χ2n) is 10.0. The Morgan fingerprint density at radius 2 is 1.60 bits per heavy atom. The van der Waals surface area contributed by atoms with E-state index in [-0.39, 0.29) is 48.1 Å². The number of amides is 2. The van der Waals surface area contributed by atoms with Crippen molar-refractivity contribution in [1.82, 2.24) is 15.6 Å². The standard InChI is InChI=1S/C29H36N8O5/c1-17(2)16-23(34-25(38)19-11-13-21(14-12-19)37-36-20-8-5-4-6-9-20)27-35-24(18(3)42-27)26(39)33-22(28(40)41)10-7-15-32-29(30)31/h4-6,8-9,11-14,17,22-23H,7,10,15-16H2,1-3H3,(H,33,39)(H,34,38)(H,40,41)(H4,30,31,32)/t22-,23-/m0/s1. The van der Waals surface area contributed by atoms with Crippen LogP contribution < -0.4 is 22.1 Å². The van der Waals surface area contributed by atoms with Crippen molar-refractivity contribution >= 4 is 35.1 Å². The van der Waals surface area contributed by atoms with Crippen LogP contribution in [0.5, 0.6) is 0 Å². The molecule has 13 nitrogen and oxygen atoms in total. The molecule has 42 heavy (non-hydrogen) atoms. The molecule has 222 valence electrons. The van der Waals surface area contributed by atoms with Crippen molar-refractivity contribution < 1.29 is 23.9 Å². The number of carboxylic acid groups (broad SMARTS) is 1. The SMILES string of the molecule is Cc1oc([C@H](CC(C)C)NC(=O)c2ccc(N=Nc3ccccc3)cc2)nc1C(=O)N[C@@H](CCCN=C(N)N)C(=O)O. The van der Waals surface area contributed by atoms with Crippen molar-refractivity contribution in [3.05, 3.63) is 77.5 Å². The molecule has 0 spiro atoms. The highest BCUT2D eigenvalue weighted by molar-refractivity contribution is 5.96. The van der Waals surface area contributed by atoms with Gasteiger partial charge in [-0.05, 0) is 68.5 Å². The summed E-state index contributed by atoms with van der Waals surface area (Å²) in [5, 5.41) is 23.3. The maximum absolute atomic E-state index is 13.1. The summed E-state index contributed by atoms with van der Waals surface area (Å²) in [5.41, 5.74) is 12.2. The van der Waals surface area contributed by atoms with Crippen LogP contribution in [-0.2, 0) is 4.79 Å². The van der Waals surface area contributed by atoms with Gasteiger partial charge in [-0.3, -0.25) is 14.6 Å². The molecule has 0 saturated heterocycles. The van der Waals surface area contributed by atoms with Crippen LogP contribution in [0.2, 0.25) is 0 Å². The molecule has 1 heterocycles. The largest absolute Gasteiger partial charge is 0.480 e. The number of nitrogens with zero attached hydrogens (tertiary/aromatic N) is 4. The van der Waals surface area contributed by atoms with Crippen LogP contribution >= 0.6 is 0 Å². The van der Waals surface area contributed by atoms with Gasteiger partial charge in [0.05, 0.1) is 11.4 Å². The highest BCUT2D eigenvalue weighted by Gasteiger charge is 2.28. The molecule has 0 aliphatic rings. The molecule has 13 heteroatoms. The summed E-state index contributed by atoms with van der Waals surface area (Å²) < 4.78 is 5.79. The Morgan fingerprint density at radius 3 is 2.19 bits per heavy atom. The highest BCUT2D eigenvalue weighted by atomic mass is 16.4. The number of rotatable bonds is 14. The van der Waals surface area contributed by atoms with E-state index in [1.807, 2.05) is 44.2 Å². The molecule has 1 aromatic heterocycles. The van der Waals surface area contributed by atoms with Gasteiger partial charge in [0.15, 0.2) is 11.7 Å². The number of carbonyl (C=O) groups is 3. The predicted octanol–water partition coefficient (Wildman–Crippen LogP) is 4.15. The quantitative estimate of drug-likeness (QED) is 0.0812. The Balaban J connectivity index is 1.70. The number of carbonyl (C=O) groups excluding carboxylic acids is 2. The third-order valence-electron chi connectivity index (χ3n) is 6.05. The van der Waals surface area contributed by atoms with Gasteiger partial charge in [0, 0.05) is 12.1 Å². The maximum Gasteiger partial charge on any atom is 0.326 e. The number of aliphatic carboxylic acids is 1. The lowest BCUT2D eigenvalue weighted by atomic mass is 10.0. The zero-order valence-corrected chi connectivity index (χ0v) is 23.8. The Hall–Kier alpha value is -5.07. The lowest BCUT2D eigenvalue weighted by Gasteiger charge is -2.18. The van der Waals surface area contributed by atoms with Crippen LogP contribution in [-0.4, -0.2) is 46.4 Å². The van der Waals surface area contributed by atoms with Crippen molar-refractivity contribution in [3.63, 3.8) is 0 Å². The number of carboxylic acids is 1. The topological polar surface area (TPSA) is 211 Å². The molecule has 0 radical (unpaired) electrons. The van der Waals surface area contributed by atoms with Crippen molar-refractivity contribution in [1.29, 1.82) is 0 Å². The highest BCUT2D eigenvalue weighted by Crippen LogP contribution is 2.25. The first-order chi connectivity index (χ1) is 20.0. The molecule has 2 atom stereocenters. The molecule has 3 rings (SSSR count). The number of hydrogen-bond acceptors (Lipinski definition) is 8. The van der Waals surface area contributed by atoms with E-state index in [2.05, 4.69) is 30.8 Å². The van der Waals surface area contributed by atoms with E-state index in [0.29, 0.717) is 29.8 Å². The minimum atomic E-state index is -1.20. The summed E-state index contributed by atoms with van der Waals surface area (Å²) >= 11 is 0. The number of aromatic nitrogens is 1. The summed E-state index contributed by atoms with van der Waals surface area (Å²) in [6.07, 6.45) is 0.941. The van der Waals surface area contributed by atoms with E-state index in [1.165, 1.54) is 0 Å². The molecule has 0 aliphatic carbocycles. The van der Waals surface area contributed by atoms with E-state index >= 15 is 0 Å². The van der Waals surface area contributed by atoms with Gasteiger partial charge in [0.2, 0.25) is 5.89 Å². The van der Waals surface area contributed by atoms with Crippen molar-refractivity contribution in [2.24, 2.45) is 32.6 Å². The first-order valence-electron chi connectivity index (χ1n) is 13.5. The van der Waals surface area contributed by atoms with Crippen LogP contribution in [0, 0.1) is 12.8 Å². The third kappa shape index (κ3) is 9.54. The number of oxazole rings is 1. The number of nitrogens with one attached hydrogen (secondary N) is 2. The van der Waals surface area contributed by atoms with Crippen molar-refractivity contribution in [3.8, 4) is 0 Å². The lowest BCUT2D eigenvalue weighted by molar-refractivity contribution is -0.139. The van der Waals surface area contributed by atoms with Crippen LogP contribution in [0.1, 0.15) is 71.6 Å². The maximum atomic E-state index is 13.1. The number of azo groups is 1. The Morgan fingerprint density at radius 1 is 0.952 bits per heavy atom. The number of benzene rings is 2. The van der Waals surface area contributed by atoms with Gasteiger partial charge in [-0.25, -0.2) is 9.78 Å². The Bertz CT molecular complexity index is 1410. The zero-order valence-electron chi connectivity index (χ0n) is 23.8. The molecule has 3 aromatic rings. The first kappa shape index (κ1) is 31.5. The fraction of sp³-hybridized carbons (Fsp3) is 0.345. The predicted molar refractivity (Wildman–Crippen MR) is 157 cm³/mol. The second-order valence-corrected chi connectivity index (χ2v) is 10.0. The molecule has 7 N–H and O–H groups in total. The molecule has 0 aliphatic heterocycles. The summed E-state index contributed by atoms with van der Waals surface area (Å²) in [5.74, 6) is -1.86. The molecule has 0 saturated carbocycles. The van der Waals surface area contributed by atoms with Gasteiger partial charge < -0.3 is 31.6 Å². The van der Waals surface area contributed by atoms with Crippen LogP contribution in [0.3, 0.4) is 0 Å². The zero-order chi connectivity index (χ0) is 30.6. The average molecular weight is 577 g/mol. The Labute approximate surface area is 243 Å². The molecule has 0 unspecified atom stereocenters. The van der Waals surface area contributed by atoms with Gasteiger partial charge in [-0.2, -0.15) is 10.2 Å². The van der Waals surface area contributed by atoms with Gasteiger partial charge in [0.1, 0.15) is 17.8 Å². The van der Waals surface area contributed by atoms with Crippen molar-refractivity contribution in [2.75, 3.05) is 6.54 Å². The minimum absolute atomic E-state index is 0.0587. The number of hydrogen-bond donors (Lipinski definition) is 5. The fourth-order valence-electron chi connectivity index (χ4n) is 3.99.